The van der Waals surface area contributed by atoms with Gasteiger partial charge in [0.15, 0.2) is 5.78 Å². The summed E-state index contributed by atoms with van der Waals surface area (Å²) in [5.74, 6) is -0.434. The van der Waals surface area contributed by atoms with Gasteiger partial charge in [-0.25, -0.2) is 0 Å². The predicted octanol–water partition coefficient (Wildman–Crippen LogP) is 0.927. The second kappa shape index (κ2) is 6.18. The van der Waals surface area contributed by atoms with Crippen LogP contribution < -0.4 is 0 Å². The number of nitrogens with zero attached hydrogens (tertiary/aromatic N) is 1. The maximum atomic E-state index is 12.6. The van der Waals surface area contributed by atoms with E-state index in [1.165, 1.54) is 0 Å². The van der Waals surface area contributed by atoms with Gasteiger partial charge in [0.1, 0.15) is 6.10 Å². The maximum Gasteiger partial charge on any atom is 0.311 e. The number of hydrogen-bond acceptors (Lipinski definition) is 6. The molecule has 0 amide bonds. The number of ether oxygens (including phenoxy) is 2. The summed E-state index contributed by atoms with van der Waals surface area (Å²) in [7, 11) is 0. The van der Waals surface area contributed by atoms with Crippen LogP contribution >= 0.6 is 0 Å². The molecule has 0 unspecified atom stereocenters. The van der Waals surface area contributed by atoms with E-state index in [1.54, 1.807) is 0 Å². The summed E-state index contributed by atoms with van der Waals surface area (Å²) in [6.45, 7) is 7.39. The van der Waals surface area contributed by atoms with Gasteiger partial charge in [0.05, 0.1) is 24.7 Å². The molecule has 25 heavy (non-hydrogen) atoms. The Balaban J connectivity index is 1.63. The Hall–Kier alpha value is -1.24. The van der Waals surface area contributed by atoms with Gasteiger partial charge < -0.3 is 14.6 Å². The van der Waals surface area contributed by atoms with Crippen molar-refractivity contribution in [1.82, 2.24) is 4.90 Å². The highest BCUT2D eigenvalue weighted by atomic mass is 16.6. The Morgan fingerprint density at radius 3 is 2.72 bits per heavy atom. The van der Waals surface area contributed by atoms with E-state index in [4.69, 9.17) is 9.47 Å². The molecule has 6 heteroatoms. The van der Waals surface area contributed by atoms with E-state index in [1.807, 2.05) is 13.8 Å². The molecule has 5 atom stereocenters. The number of aliphatic hydroxyl groups is 1. The van der Waals surface area contributed by atoms with Crippen molar-refractivity contribution in [2.24, 2.45) is 17.8 Å². The molecule has 3 fully saturated rings. The van der Waals surface area contributed by atoms with Gasteiger partial charge in [0.2, 0.25) is 0 Å². The molecule has 6 nitrogen and oxygen atoms in total. The molecule has 4 aliphatic rings. The molecule has 138 valence electrons. The number of fused-ring (bicyclic) bond motifs is 3. The number of carbonyl (C=O) groups is 2. The van der Waals surface area contributed by atoms with Gasteiger partial charge in [-0.2, -0.15) is 0 Å². The first kappa shape index (κ1) is 17.2. The lowest BCUT2D eigenvalue weighted by Gasteiger charge is -2.30. The Labute approximate surface area is 148 Å². The predicted molar refractivity (Wildman–Crippen MR) is 89.8 cm³/mol. The summed E-state index contributed by atoms with van der Waals surface area (Å²) in [5, 5.41) is 10.9. The van der Waals surface area contributed by atoms with Crippen LogP contribution in [-0.2, 0) is 19.1 Å². The monoisotopic (exact) mass is 349 g/mol. The number of morpholine rings is 1. The van der Waals surface area contributed by atoms with Crippen LogP contribution in [0.5, 0.6) is 0 Å². The van der Waals surface area contributed by atoms with E-state index < -0.39 is 5.60 Å². The zero-order valence-corrected chi connectivity index (χ0v) is 15.0. The van der Waals surface area contributed by atoms with Crippen molar-refractivity contribution in [3.63, 3.8) is 0 Å². The molecule has 1 saturated carbocycles. The van der Waals surface area contributed by atoms with E-state index in [-0.39, 0.29) is 35.6 Å². The topological polar surface area (TPSA) is 76.1 Å². The summed E-state index contributed by atoms with van der Waals surface area (Å²) >= 11 is 0. The lowest BCUT2D eigenvalue weighted by molar-refractivity contribution is -0.144. The van der Waals surface area contributed by atoms with Crippen LogP contribution in [0.3, 0.4) is 0 Å². The first-order chi connectivity index (χ1) is 11.9. The number of carbonyl (C=O) groups excluding carboxylic acids is 2. The van der Waals surface area contributed by atoms with Crippen molar-refractivity contribution < 1.29 is 24.2 Å². The van der Waals surface area contributed by atoms with Gasteiger partial charge in [-0.05, 0) is 37.8 Å². The Morgan fingerprint density at radius 1 is 1.28 bits per heavy atom. The fraction of sp³-hybridized carbons (Fsp3) is 0.789. The summed E-state index contributed by atoms with van der Waals surface area (Å²) in [5.41, 5.74) is 0.667. The third kappa shape index (κ3) is 2.84. The van der Waals surface area contributed by atoms with Crippen LogP contribution in [0.15, 0.2) is 11.1 Å². The highest BCUT2D eigenvalue weighted by molar-refractivity contribution is 5.99. The third-order valence-electron chi connectivity index (χ3n) is 6.67. The molecular formula is C19H27NO5. The van der Waals surface area contributed by atoms with Gasteiger partial charge in [-0.1, -0.05) is 0 Å². The minimum atomic E-state index is -0.914. The molecule has 0 spiro atoms. The number of allylic oxidation sites excluding steroid dienone is 1. The lowest BCUT2D eigenvalue weighted by atomic mass is 9.81. The molecule has 0 bridgehead atoms. The quantitative estimate of drug-likeness (QED) is 0.748. The molecule has 0 radical (unpaired) electrons. The molecular weight excluding hydrogens is 322 g/mol. The molecule has 2 saturated heterocycles. The van der Waals surface area contributed by atoms with Crippen molar-refractivity contribution in [3.8, 4) is 0 Å². The average molecular weight is 349 g/mol. The number of Topliss-reactive ketones (excluding diaryl/α,β-unsaturated/α-hetero) is 1. The van der Waals surface area contributed by atoms with Gasteiger partial charge in [0, 0.05) is 37.9 Å². The number of rotatable bonds is 2. The van der Waals surface area contributed by atoms with Crippen LogP contribution in [0.25, 0.3) is 0 Å². The zero-order chi connectivity index (χ0) is 17.8. The Kier molecular flexibility index (Phi) is 4.25. The van der Waals surface area contributed by atoms with E-state index in [2.05, 4.69) is 4.90 Å². The van der Waals surface area contributed by atoms with Gasteiger partial charge >= 0.3 is 5.97 Å². The summed E-state index contributed by atoms with van der Waals surface area (Å²) in [6, 6.07) is 0. The van der Waals surface area contributed by atoms with Crippen molar-refractivity contribution >= 4 is 11.8 Å². The summed E-state index contributed by atoms with van der Waals surface area (Å²) < 4.78 is 11.2. The zero-order valence-electron chi connectivity index (χ0n) is 15.0. The smallest absolute Gasteiger partial charge is 0.311 e. The largest absolute Gasteiger partial charge is 0.457 e. The maximum absolute atomic E-state index is 12.6. The first-order valence-corrected chi connectivity index (χ1v) is 9.35. The van der Waals surface area contributed by atoms with Crippen molar-refractivity contribution in [2.75, 3.05) is 32.8 Å². The second-order valence-corrected chi connectivity index (χ2v) is 8.20. The van der Waals surface area contributed by atoms with Crippen LogP contribution in [0.1, 0.15) is 33.1 Å². The van der Waals surface area contributed by atoms with E-state index in [0.717, 1.165) is 25.1 Å². The molecule has 2 aliphatic carbocycles. The lowest BCUT2D eigenvalue weighted by Crippen LogP contribution is -2.42. The van der Waals surface area contributed by atoms with Crippen molar-refractivity contribution in [1.29, 1.82) is 0 Å². The van der Waals surface area contributed by atoms with Crippen molar-refractivity contribution in [2.45, 2.75) is 44.8 Å². The van der Waals surface area contributed by atoms with E-state index in [9.17, 15) is 14.7 Å². The number of ketones is 1. The minimum absolute atomic E-state index is 0.0441. The standard InChI is InChI=1S/C19H27NO5/c1-11-15(21)9-14-16(11)17-12(3-4-19(14,2)23)13(18(22)25-17)10-20-5-7-24-8-6-20/h12-14,17,23H,3-10H2,1-2H3/t12-,13-,14+,17-,19+/m0/s1. The first-order valence-electron chi connectivity index (χ1n) is 9.35. The van der Waals surface area contributed by atoms with Crippen LogP contribution in [0.2, 0.25) is 0 Å². The molecule has 2 aliphatic heterocycles. The van der Waals surface area contributed by atoms with Gasteiger partial charge in [-0.3, -0.25) is 14.5 Å². The molecule has 0 aromatic rings. The van der Waals surface area contributed by atoms with Crippen molar-refractivity contribution in [3.05, 3.63) is 11.1 Å². The molecule has 0 aromatic carbocycles. The summed E-state index contributed by atoms with van der Waals surface area (Å²) in [4.78, 5) is 27.2. The molecule has 2 heterocycles. The fourth-order valence-corrected chi connectivity index (χ4v) is 5.07. The Morgan fingerprint density at radius 2 is 2.00 bits per heavy atom. The van der Waals surface area contributed by atoms with Gasteiger partial charge in [-0.15, -0.1) is 0 Å². The fourth-order valence-electron chi connectivity index (χ4n) is 5.07. The van der Waals surface area contributed by atoms with Crippen LogP contribution in [-0.4, -0.2) is 66.3 Å². The average Bonchev–Trinajstić information content (AvgIpc) is 3.01. The molecule has 4 rings (SSSR count). The highest BCUT2D eigenvalue weighted by Gasteiger charge is 2.55. The SMILES string of the molecule is CC1=C2[C@H]3OC(=O)[C@@H](CN4CCOCC4)[C@@H]3CC[C@@](C)(O)[C@@H]2CC1=O. The second-order valence-electron chi connectivity index (χ2n) is 8.20. The minimum Gasteiger partial charge on any atom is -0.457 e. The highest BCUT2D eigenvalue weighted by Crippen LogP contribution is 2.51. The molecule has 0 aromatic heterocycles. The van der Waals surface area contributed by atoms with E-state index in [0.29, 0.717) is 38.2 Å². The van der Waals surface area contributed by atoms with Gasteiger partial charge in [0.25, 0.3) is 0 Å². The van der Waals surface area contributed by atoms with E-state index >= 15 is 0 Å². The number of esters is 1. The third-order valence-corrected chi connectivity index (χ3v) is 6.67. The normalized spacial score (nSPS) is 42.2. The van der Waals surface area contributed by atoms with Crippen LogP contribution in [0, 0.1) is 17.8 Å². The summed E-state index contributed by atoms with van der Waals surface area (Å²) in [6.07, 6.45) is 1.34. The number of hydrogen-bond donors (Lipinski definition) is 1. The molecule has 1 N–H and O–H groups in total. The Bertz CT molecular complexity index is 619. The van der Waals surface area contributed by atoms with Crippen LogP contribution in [0.4, 0.5) is 0 Å².